The van der Waals surface area contributed by atoms with Crippen LogP contribution in [0.25, 0.3) is 0 Å². The van der Waals surface area contributed by atoms with Gasteiger partial charge in [0.2, 0.25) is 26.0 Å². The third-order valence-electron chi connectivity index (χ3n) is 4.28. The van der Waals surface area contributed by atoms with Crippen LogP contribution >= 0.6 is 22.9 Å². The molecule has 1 aromatic heterocycles. The Hall–Kier alpha value is -1.80. The number of hydrogen-bond acceptors (Lipinski definition) is 7. The molecule has 2 aromatic rings. The van der Waals surface area contributed by atoms with Gasteiger partial charge in [0.1, 0.15) is 5.82 Å². The number of sulfonamides is 2. The number of halogens is 2. The van der Waals surface area contributed by atoms with E-state index < -0.39 is 25.9 Å². The zero-order valence-electron chi connectivity index (χ0n) is 15.7. The molecule has 1 amide bonds. The van der Waals surface area contributed by atoms with Crippen LogP contribution in [0, 0.1) is 5.82 Å². The quantitative estimate of drug-likeness (QED) is 0.645. The first-order valence-electron chi connectivity index (χ1n) is 8.61. The first-order valence-corrected chi connectivity index (χ1v) is 13.2. The van der Waals surface area contributed by atoms with E-state index in [1.807, 2.05) is 0 Å². The Balaban J connectivity index is 1.59. The highest BCUT2D eigenvalue weighted by Gasteiger charge is 2.30. The summed E-state index contributed by atoms with van der Waals surface area (Å²) in [6.45, 7) is 0.541. The van der Waals surface area contributed by atoms with Gasteiger partial charge in [0, 0.05) is 31.6 Å². The van der Waals surface area contributed by atoms with E-state index in [-0.39, 0.29) is 53.6 Å². The van der Waals surface area contributed by atoms with Crippen molar-refractivity contribution in [1.29, 1.82) is 0 Å². The molecule has 1 saturated heterocycles. The average Bonchev–Trinajstić information content (AvgIpc) is 3.08. The molecule has 1 aliphatic heterocycles. The van der Waals surface area contributed by atoms with Crippen LogP contribution in [0.2, 0.25) is 5.02 Å². The molecule has 0 bridgehead atoms. The molecule has 164 valence electrons. The van der Waals surface area contributed by atoms with Crippen molar-refractivity contribution in [2.24, 2.45) is 0 Å². The molecule has 0 aliphatic carbocycles. The molecule has 3 rings (SSSR count). The van der Waals surface area contributed by atoms with E-state index in [9.17, 15) is 26.0 Å². The van der Waals surface area contributed by atoms with Gasteiger partial charge in [-0.3, -0.25) is 9.52 Å². The van der Waals surface area contributed by atoms with E-state index in [4.69, 9.17) is 11.6 Å². The van der Waals surface area contributed by atoms with E-state index in [2.05, 4.69) is 9.71 Å². The normalized spacial score (nSPS) is 15.9. The van der Waals surface area contributed by atoms with Gasteiger partial charge < -0.3 is 4.90 Å². The summed E-state index contributed by atoms with van der Waals surface area (Å²) in [4.78, 5) is 18.0. The van der Waals surface area contributed by atoms with Crippen LogP contribution in [0.4, 0.5) is 9.52 Å². The zero-order valence-corrected chi connectivity index (χ0v) is 18.9. The molecule has 0 radical (unpaired) electrons. The van der Waals surface area contributed by atoms with Gasteiger partial charge >= 0.3 is 0 Å². The summed E-state index contributed by atoms with van der Waals surface area (Å²) in [6.07, 6.45) is 0.981. The van der Waals surface area contributed by atoms with Gasteiger partial charge in [-0.2, -0.15) is 4.31 Å². The molecule has 1 N–H and O–H groups in total. The number of carbonyl (C=O) groups is 1. The lowest BCUT2D eigenvalue weighted by Crippen LogP contribution is -2.50. The van der Waals surface area contributed by atoms with Crippen molar-refractivity contribution in [1.82, 2.24) is 14.2 Å². The lowest BCUT2D eigenvalue weighted by Gasteiger charge is -2.34. The summed E-state index contributed by atoms with van der Waals surface area (Å²) >= 11 is 6.76. The topological polar surface area (TPSA) is 117 Å². The number of nitrogens with one attached hydrogen (secondary N) is 1. The Morgan fingerprint density at radius 3 is 2.50 bits per heavy atom. The van der Waals surface area contributed by atoms with Gasteiger partial charge in [-0.1, -0.05) is 11.6 Å². The number of anilines is 1. The van der Waals surface area contributed by atoms with E-state index in [0.29, 0.717) is 5.69 Å². The highest BCUT2D eigenvalue weighted by molar-refractivity contribution is 7.92. The molecule has 9 nitrogen and oxygen atoms in total. The van der Waals surface area contributed by atoms with Crippen molar-refractivity contribution in [2.75, 3.05) is 37.2 Å². The maximum absolute atomic E-state index is 13.3. The summed E-state index contributed by atoms with van der Waals surface area (Å²) < 4.78 is 64.7. The third-order valence-corrected chi connectivity index (χ3v) is 7.96. The summed E-state index contributed by atoms with van der Waals surface area (Å²) in [5.41, 5.74) is 0.423. The lowest BCUT2D eigenvalue weighted by molar-refractivity contribution is -0.131. The van der Waals surface area contributed by atoms with Gasteiger partial charge in [-0.25, -0.2) is 26.2 Å². The molecule has 1 aliphatic rings. The first-order chi connectivity index (χ1) is 14.0. The van der Waals surface area contributed by atoms with Crippen LogP contribution in [0.5, 0.6) is 0 Å². The van der Waals surface area contributed by atoms with Crippen molar-refractivity contribution in [3.8, 4) is 0 Å². The molecule has 0 unspecified atom stereocenters. The molecule has 0 atom stereocenters. The number of amides is 1. The summed E-state index contributed by atoms with van der Waals surface area (Å²) in [7, 11) is -7.30. The Morgan fingerprint density at radius 2 is 1.90 bits per heavy atom. The van der Waals surface area contributed by atoms with Crippen LogP contribution in [0.1, 0.15) is 5.69 Å². The summed E-state index contributed by atoms with van der Waals surface area (Å²) in [6, 6.07) is 3.21. The maximum atomic E-state index is 13.3. The number of benzene rings is 1. The highest BCUT2D eigenvalue weighted by Crippen LogP contribution is 2.23. The number of carbonyl (C=O) groups excluding carboxylic acids is 1. The minimum atomic E-state index is -3.85. The summed E-state index contributed by atoms with van der Waals surface area (Å²) in [5, 5.41) is 1.48. The Bertz CT molecular complexity index is 1160. The van der Waals surface area contributed by atoms with Gasteiger partial charge in [-0.15, -0.1) is 11.3 Å². The second-order valence-corrected chi connectivity index (χ2v) is 11.5. The lowest BCUT2D eigenvalue weighted by atomic mass is 10.2. The first kappa shape index (κ1) is 22.9. The SMILES string of the molecule is CS(=O)(=O)Nc1nc(CC(=O)N2CCN(S(=O)(=O)c3ccc(F)c(Cl)c3)CC2)cs1. The molecule has 1 fully saturated rings. The van der Waals surface area contributed by atoms with Crippen LogP contribution in [0.15, 0.2) is 28.5 Å². The number of thiazole rings is 1. The summed E-state index contributed by atoms with van der Waals surface area (Å²) in [5.74, 6) is -0.948. The molecule has 30 heavy (non-hydrogen) atoms. The van der Waals surface area contributed by atoms with Crippen molar-refractivity contribution in [3.63, 3.8) is 0 Å². The number of rotatable bonds is 6. The van der Waals surface area contributed by atoms with Crippen molar-refractivity contribution < 1.29 is 26.0 Å². The molecule has 1 aromatic carbocycles. The van der Waals surface area contributed by atoms with Crippen LogP contribution in [-0.4, -0.2) is 69.4 Å². The smallest absolute Gasteiger partial charge is 0.243 e. The zero-order chi connectivity index (χ0) is 22.1. The van der Waals surface area contributed by atoms with E-state index in [0.717, 1.165) is 35.8 Å². The predicted octanol–water partition coefficient (Wildman–Crippen LogP) is 1.38. The second-order valence-electron chi connectivity index (χ2n) is 6.56. The number of nitrogens with zero attached hydrogens (tertiary/aromatic N) is 3. The molecule has 2 heterocycles. The van der Waals surface area contributed by atoms with Crippen LogP contribution in [0.3, 0.4) is 0 Å². The maximum Gasteiger partial charge on any atom is 0.243 e. The largest absolute Gasteiger partial charge is 0.340 e. The fourth-order valence-electron chi connectivity index (χ4n) is 2.82. The van der Waals surface area contributed by atoms with Crippen LogP contribution < -0.4 is 4.72 Å². The van der Waals surface area contributed by atoms with E-state index in [1.54, 1.807) is 5.38 Å². The Labute approximate surface area is 182 Å². The van der Waals surface area contributed by atoms with Gasteiger partial charge in [0.15, 0.2) is 5.13 Å². The molecular formula is C16H18ClFN4O5S3. The molecule has 0 saturated carbocycles. The van der Waals surface area contributed by atoms with Crippen molar-refractivity contribution >= 4 is 54.0 Å². The fourth-order valence-corrected chi connectivity index (χ4v) is 6.08. The second kappa shape index (κ2) is 8.75. The number of piperazine rings is 1. The number of hydrogen-bond donors (Lipinski definition) is 1. The Morgan fingerprint density at radius 1 is 1.23 bits per heavy atom. The minimum Gasteiger partial charge on any atom is -0.340 e. The van der Waals surface area contributed by atoms with Gasteiger partial charge in [-0.05, 0) is 18.2 Å². The molecule has 0 spiro atoms. The third kappa shape index (κ3) is 5.46. The monoisotopic (exact) mass is 496 g/mol. The molecular weight excluding hydrogens is 479 g/mol. The van der Waals surface area contributed by atoms with Crippen molar-refractivity contribution in [3.05, 3.63) is 40.1 Å². The predicted molar refractivity (Wildman–Crippen MR) is 111 cm³/mol. The van der Waals surface area contributed by atoms with Gasteiger partial charge in [0.25, 0.3) is 0 Å². The number of aromatic nitrogens is 1. The van der Waals surface area contributed by atoms with E-state index in [1.165, 1.54) is 9.21 Å². The average molecular weight is 497 g/mol. The van der Waals surface area contributed by atoms with Gasteiger partial charge in [0.05, 0.1) is 28.3 Å². The van der Waals surface area contributed by atoms with Crippen LogP contribution in [-0.2, 0) is 31.3 Å². The fraction of sp³-hybridized carbons (Fsp3) is 0.375. The van der Waals surface area contributed by atoms with Crippen molar-refractivity contribution in [2.45, 2.75) is 11.3 Å². The molecule has 14 heteroatoms. The van der Waals surface area contributed by atoms with E-state index >= 15 is 0 Å². The minimum absolute atomic E-state index is 0.0255. The highest BCUT2D eigenvalue weighted by atomic mass is 35.5. The Kier molecular flexibility index (Phi) is 6.67. The standard InChI is InChI=1S/C16H18ClFN4O5S3/c1-29(24,25)20-16-19-11(10-28-16)8-15(23)21-4-6-22(7-5-21)30(26,27)12-2-3-14(18)13(17)9-12/h2-3,9-10H,4-8H2,1H3,(H,19,20).